The van der Waals surface area contributed by atoms with E-state index in [1.807, 2.05) is 0 Å². The van der Waals surface area contributed by atoms with Crippen LogP contribution in [0.5, 0.6) is 0 Å². The van der Waals surface area contributed by atoms with Gasteiger partial charge in [-0.15, -0.1) is 0 Å². The van der Waals surface area contributed by atoms with Crippen LogP contribution in [0.2, 0.25) is 0 Å². The average molecular weight is 652 g/mol. The number of nitrogens with zero attached hydrogens (tertiary/aromatic N) is 4. The maximum Gasteiger partial charge on any atom is 0.339 e. The summed E-state index contributed by atoms with van der Waals surface area (Å²) in [5.41, 5.74) is 7.39. The van der Waals surface area contributed by atoms with Crippen molar-refractivity contribution in [3.63, 3.8) is 0 Å². The fourth-order valence-electron chi connectivity index (χ4n) is 5.65. The van der Waals surface area contributed by atoms with Gasteiger partial charge in [-0.2, -0.15) is 8.61 Å². The minimum atomic E-state index is -3.29. The number of hydrogen-bond donors (Lipinski definition) is 1. The molecule has 2 aliphatic rings. The lowest BCUT2D eigenvalue weighted by molar-refractivity contribution is 0.0600. The molecule has 0 unspecified atom stereocenters. The molecule has 12 nitrogen and oxygen atoms in total. The summed E-state index contributed by atoms with van der Waals surface area (Å²) in [5.74, 6) is -0.627. The summed E-state index contributed by atoms with van der Waals surface area (Å²) < 4.78 is 56.0. The van der Waals surface area contributed by atoms with E-state index in [1.54, 1.807) is 28.6 Å². The van der Waals surface area contributed by atoms with Crippen molar-refractivity contribution in [3.8, 4) is 0 Å². The molecule has 4 rings (SSSR count). The Morgan fingerprint density at radius 1 is 0.750 bits per heavy atom. The molecule has 0 atom stereocenters. The van der Waals surface area contributed by atoms with E-state index in [9.17, 15) is 26.4 Å². The molecule has 2 aromatic rings. The molecule has 0 radical (unpaired) electrons. The molecule has 2 aliphatic carbocycles. The first-order valence-electron chi connectivity index (χ1n) is 15.0. The number of methoxy groups -OCH3 is 1. The molecule has 2 saturated carbocycles. The van der Waals surface area contributed by atoms with E-state index in [2.05, 4.69) is 14.7 Å². The fourth-order valence-corrected chi connectivity index (χ4v) is 7.89. The van der Waals surface area contributed by atoms with E-state index in [4.69, 9.17) is 5.73 Å². The van der Waals surface area contributed by atoms with Crippen LogP contribution in [0.15, 0.2) is 36.7 Å². The molecule has 0 aliphatic heterocycles. The summed E-state index contributed by atoms with van der Waals surface area (Å²) in [6.07, 6.45) is 15.5. The number of aromatic nitrogens is 2. The van der Waals surface area contributed by atoms with Crippen LogP contribution in [-0.2, 0) is 37.9 Å². The number of pyridine rings is 2. The van der Waals surface area contributed by atoms with Crippen molar-refractivity contribution in [1.82, 2.24) is 18.6 Å². The van der Waals surface area contributed by atoms with Gasteiger partial charge in [0.25, 0.3) is 0 Å². The molecular formula is C30H45N5O7S2. The van der Waals surface area contributed by atoms with E-state index in [-0.39, 0.29) is 37.5 Å². The molecule has 2 heterocycles. The second-order valence-electron chi connectivity index (χ2n) is 11.4. The summed E-state index contributed by atoms with van der Waals surface area (Å²) in [6.45, 7) is 0.435. The van der Waals surface area contributed by atoms with Gasteiger partial charge >= 0.3 is 5.97 Å². The molecule has 2 aromatic heterocycles. The van der Waals surface area contributed by atoms with Gasteiger partial charge in [0.15, 0.2) is 5.78 Å². The van der Waals surface area contributed by atoms with Crippen LogP contribution in [-0.4, -0.2) is 85.4 Å². The van der Waals surface area contributed by atoms with Gasteiger partial charge in [0.2, 0.25) is 20.0 Å². The maximum absolute atomic E-state index is 12.1. The number of nitrogens with two attached hydrogens (primary N) is 1. The van der Waals surface area contributed by atoms with Crippen LogP contribution in [0.3, 0.4) is 0 Å². The van der Waals surface area contributed by atoms with Gasteiger partial charge in [-0.3, -0.25) is 14.8 Å². The zero-order chi connectivity index (χ0) is 32.3. The highest BCUT2D eigenvalue weighted by atomic mass is 32.2. The number of esters is 1. The normalized spacial score (nSPS) is 16.8. The number of carbonyl (C=O) groups is 2. The summed E-state index contributed by atoms with van der Waals surface area (Å²) in [4.78, 5) is 31.3. The van der Waals surface area contributed by atoms with Gasteiger partial charge < -0.3 is 10.5 Å². The Kier molecular flexibility index (Phi) is 13.4. The summed E-state index contributed by atoms with van der Waals surface area (Å²) in [7, 11) is -5.27. The van der Waals surface area contributed by atoms with E-state index < -0.39 is 26.0 Å². The first-order chi connectivity index (χ1) is 20.8. The third kappa shape index (κ3) is 10.7. The van der Waals surface area contributed by atoms with Crippen molar-refractivity contribution in [2.75, 3.05) is 26.2 Å². The lowest BCUT2D eigenvalue weighted by atomic mass is 9.95. The Labute approximate surface area is 261 Å². The van der Waals surface area contributed by atoms with Crippen LogP contribution in [0.1, 0.15) is 96.3 Å². The summed E-state index contributed by atoms with van der Waals surface area (Å²) in [5, 5.41) is 0. The Balaban J connectivity index is 0.000000240. The number of hydrogen-bond acceptors (Lipinski definition) is 10. The Morgan fingerprint density at radius 2 is 1.16 bits per heavy atom. The van der Waals surface area contributed by atoms with Crippen LogP contribution < -0.4 is 5.73 Å². The zero-order valence-corrected chi connectivity index (χ0v) is 27.5. The van der Waals surface area contributed by atoms with Gasteiger partial charge in [0.05, 0.1) is 56.2 Å². The predicted octanol–water partition coefficient (Wildman–Crippen LogP) is 3.28. The quantitative estimate of drug-likeness (QED) is 0.281. The van der Waals surface area contributed by atoms with E-state index in [0.717, 1.165) is 51.4 Å². The smallest absolute Gasteiger partial charge is 0.339 e. The van der Waals surface area contributed by atoms with Crippen molar-refractivity contribution >= 4 is 31.8 Å². The highest BCUT2D eigenvalue weighted by molar-refractivity contribution is 7.88. The van der Waals surface area contributed by atoms with Crippen LogP contribution in [0.4, 0.5) is 0 Å². The second kappa shape index (κ2) is 16.5. The van der Waals surface area contributed by atoms with E-state index >= 15 is 0 Å². The van der Waals surface area contributed by atoms with E-state index in [0.29, 0.717) is 22.5 Å². The fraction of sp³-hybridized carbons (Fsp3) is 0.600. The SMILES string of the molecule is COC(=O)c1ccc(CN(C2CCCCC2)S(C)(=O)=O)nc1.CS(=O)(=O)N(Cc1ccc(C(=O)CN)cn1)C1CCCCC1. The topological polar surface area (TPSA) is 170 Å². The number of ketones is 1. The lowest BCUT2D eigenvalue weighted by Gasteiger charge is -2.32. The number of sulfonamides is 2. The summed E-state index contributed by atoms with van der Waals surface area (Å²) >= 11 is 0. The molecule has 244 valence electrons. The largest absolute Gasteiger partial charge is 0.465 e. The van der Waals surface area contributed by atoms with Crippen molar-refractivity contribution < 1.29 is 31.2 Å². The minimum Gasteiger partial charge on any atom is -0.465 e. The minimum absolute atomic E-state index is 0.0471. The van der Waals surface area contributed by atoms with Crippen molar-refractivity contribution in [3.05, 3.63) is 59.2 Å². The number of Topliss-reactive ketones (excluding diaryl/α,β-unsaturated/α-hetero) is 1. The predicted molar refractivity (Wildman–Crippen MR) is 168 cm³/mol. The maximum atomic E-state index is 12.1. The Bertz CT molecular complexity index is 1330. The monoisotopic (exact) mass is 651 g/mol. The standard InChI is InChI=1S/C15H23N3O3S.C15H22N2O4S/c1-22(20,21)18(14-5-3-2-4-6-14)11-13-8-7-12(10-17-13)15(19)9-16;1-21-15(18)12-8-9-13(16-10-12)11-17(22(2,19)20)14-6-4-3-5-7-14/h7-8,10,14H,2-6,9,11,16H2,1H3;8-10,14H,3-7,11H2,1-2H3. The number of rotatable bonds is 11. The number of carbonyl (C=O) groups excluding carboxylic acids is 2. The van der Waals surface area contributed by atoms with Crippen LogP contribution in [0.25, 0.3) is 0 Å². The first-order valence-corrected chi connectivity index (χ1v) is 18.7. The summed E-state index contributed by atoms with van der Waals surface area (Å²) in [6, 6.07) is 6.73. The van der Waals surface area contributed by atoms with Gasteiger partial charge in [-0.25, -0.2) is 21.6 Å². The average Bonchev–Trinajstić information content (AvgIpc) is 3.02. The van der Waals surface area contributed by atoms with E-state index in [1.165, 1.54) is 49.2 Å². The van der Waals surface area contributed by atoms with Gasteiger partial charge in [-0.05, 0) is 49.9 Å². The molecule has 0 spiro atoms. The molecule has 2 fully saturated rings. The first kappa shape index (κ1) is 35.7. The Hall–Kier alpha value is -2.78. The van der Waals surface area contributed by atoms with Crippen molar-refractivity contribution in [2.24, 2.45) is 5.73 Å². The Morgan fingerprint density at radius 3 is 1.48 bits per heavy atom. The highest BCUT2D eigenvalue weighted by Crippen LogP contribution is 2.27. The second-order valence-corrected chi connectivity index (χ2v) is 15.3. The van der Waals surface area contributed by atoms with Gasteiger partial charge in [0.1, 0.15) is 0 Å². The van der Waals surface area contributed by atoms with Crippen molar-refractivity contribution in [1.29, 1.82) is 0 Å². The van der Waals surface area contributed by atoms with Crippen molar-refractivity contribution in [2.45, 2.75) is 89.4 Å². The number of ether oxygens (including phenoxy) is 1. The zero-order valence-electron chi connectivity index (χ0n) is 25.9. The molecule has 0 amide bonds. The molecule has 0 bridgehead atoms. The lowest BCUT2D eigenvalue weighted by Crippen LogP contribution is -2.40. The molecular weight excluding hydrogens is 606 g/mol. The highest BCUT2D eigenvalue weighted by Gasteiger charge is 2.29. The van der Waals surface area contributed by atoms with Gasteiger partial charge in [0, 0.05) is 30.0 Å². The molecule has 0 aromatic carbocycles. The third-order valence-corrected chi connectivity index (χ3v) is 10.6. The van der Waals surface area contributed by atoms with Gasteiger partial charge in [-0.1, -0.05) is 38.5 Å². The molecule has 2 N–H and O–H groups in total. The molecule has 44 heavy (non-hydrogen) atoms. The molecule has 14 heteroatoms. The third-order valence-electron chi connectivity index (χ3n) is 8.03. The van der Waals surface area contributed by atoms with Crippen LogP contribution in [0, 0.1) is 0 Å². The molecule has 0 saturated heterocycles. The van der Waals surface area contributed by atoms with Crippen LogP contribution >= 0.6 is 0 Å².